The van der Waals surface area contributed by atoms with Crippen LogP contribution < -0.4 is 10.1 Å². The van der Waals surface area contributed by atoms with E-state index in [0.717, 1.165) is 28.8 Å². The number of rotatable bonds is 10. The zero-order valence-electron chi connectivity index (χ0n) is 27.5. The number of benzene rings is 4. The number of hydrogen-bond donors (Lipinski definition) is 2. The molecule has 0 bridgehead atoms. The third kappa shape index (κ3) is 8.65. The van der Waals surface area contributed by atoms with Crippen molar-refractivity contribution in [2.75, 3.05) is 32.1 Å². The fourth-order valence-electron chi connectivity index (χ4n) is 5.91. The number of para-hydroxylation sites is 1. The standard InChI is InChI=1S/C38H39F4N3O4/c1-24-20-45(25(2)23-46)37(48)31-10-7-11-33(43-35(47)18-29-16-17-30(19-32(29)39)38(40,41)42)36(31)49-34(24)22-44(3)21-26-12-14-28(15-13-26)27-8-5-4-6-9-27/h4-17,19,24-25,34,46H,18,20-23H2,1-3H3,(H,43,47)/t24-,25+,34-/m1/s1. The Balaban J connectivity index is 1.37. The number of nitrogens with zero attached hydrogens (tertiary/aromatic N) is 2. The van der Waals surface area contributed by atoms with Gasteiger partial charge in [0.15, 0.2) is 5.75 Å². The van der Waals surface area contributed by atoms with Crippen LogP contribution >= 0.6 is 0 Å². The normalized spacial score (nSPS) is 17.2. The second-order valence-electron chi connectivity index (χ2n) is 12.6. The second kappa shape index (κ2) is 15.2. The Morgan fingerprint density at radius 3 is 2.37 bits per heavy atom. The summed E-state index contributed by atoms with van der Waals surface area (Å²) < 4.78 is 60.2. The van der Waals surface area contributed by atoms with E-state index in [-0.39, 0.29) is 35.1 Å². The van der Waals surface area contributed by atoms with Crippen LogP contribution in [-0.2, 0) is 23.9 Å². The maximum Gasteiger partial charge on any atom is 0.416 e. The summed E-state index contributed by atoms with van der Waals surface area (Å²) in [6.07, 6.45) is -5.72. The van der Waals surface area contributed by atoms with Gasteiger partial charge in [0, 0.05) is 25.6 Å². The maximum atomic E-state index is 14.5. The van der Waals surface area contributed by atoms with Gasteiger partial charge in [-0.3, -0.25) is 14.5 Å². The van der Waals surface area contributed by atoms with E-state index in [4.69, 9.17) is 4.74 Å². The number of alkyl halides is 3. The first-order valence-corrected chi connectivity index (χ1v) is 16.0. The summed E-state index contributed by atoms with van der Waals surface area (Å²) in [6.45, 7) is 4.83. The van der Waals surface area contributed by atoms with Gasteiger partial charge in [0.1, 0.15) is 11.9 Å². The summed E-state index contributed by atoms with van der Waals surface area (Å²) in [4.78, 5) is 30.6. The van der Waals surface area contributed by atoms with Crippen LogP contribution in [0.15, 0.2) is 91.0 Å². The number of amides is 2. The number of halogens is 4. The topological polar surface area (TPSA) is 82.1 Å². The average molecular weight is 678 g/mol. The Morgan fingerprint density at radius 1 is 1.02 bits per heavy atom. The van der Waals surface area contributed by atoms with E-state index in [1.807, 2.05) is 32.2 Å². The van der Waals surface area contributed by atoms with Gasteiger partial charge in [-0.25, -0.2) is 4.39 Å². The molecule has 3 atom stereocenters. The van der Waals surface area contributed by atoms with Gasteiger partial charge in [-0.15, -0.1) is 0 Å². The minimum Gasteiger partial charge on any atom is -0.486 e. The number of nitrogens with one attached hydrogen (secondary N) is 1. The molecule has 0 unspecified atom stereocenters. The van der Waals surface area contributed by atoms with Crippen LogP contribution in [0.1, 0.15) is 40.9 Å². The summed E-state index contributed by atoms with van der Waals surface area (Å²) in [5.74, 6) is -2.31. The van der Waals surface area contributed by atoms with Gasteiger partial charge in [0.25, 0.3) is 5.91 Å². The lowest BCUT2D eigenvalue weighted by atomic mass is 9.98. The summed E-state index contributed by atoms with van der Waals surface area (Å²) in [6, 6.07) is 24.6. The fourth-order valence-corrected chi connectivity index (χ4v) is 5.91. The first kappa shape index (κ1) is 35.6. The molecule has 0 spiro atoms. The molecule has 258 valence electrons. The zero-order valence-corrected chi connectivity index (χ0v) is 27.5. The molecule has 5 rings (SSSR count). The molecule has 1 aliphatic rings. The van der Waals surface area contributed by atoms with E-state index in [0.29, 0.717) is 25.7 Å². The highest BCUT2D eigenvalue weighted by Gasteiger charge is 2.35. The minimum atomic E-state index is -4.72. The van der Waals surface area contributed by atoms with Crippen molar-refractivity contribution in [3.63, 3.8) is 0 Å². The summed E-state index contributed by atoms with van der Waals surface area (Å²) in [5.41, 5.74) is 2.30. The van der Waals surface area contributed by atoms with Crippen molar-refractivity contribution in [3.05, 3.63) is 119 Å². The van der Waals surface area contributed by atoms with Crippen LogP contribution in [0.3, 0.4) is 0 Å². The fraction of sp³-hybridized carbons (Fsp3) is 0.316. The molecule has 4 aromatic rings. The van der Waals surface area contributed by atoms with Gasteiger partial charge in [0.2, 0.25) is 5.91 Å². The van der Waals surface area contributed by atoms with Crippen LogP contribution in [-0.4, -0.2) is 65.6 Å². The lowest BCUT2D eigenvalue weighted by molar-refractivity contribution is -0.137. The molecule has 2 N–H and O–H groups in total. The Morgan fingerprint density at radius 2 is 1.71 bits per heavy atom. The van der Waals surface area contributed by atoms with Crippen molar-refractivity contribution in [1.29, 1.82) is 0 Å². The molecule has 0 aromatic heterocycles. The van der Waals surface area contributed by atoms with Gasteiger partial charge in [0.05, 0.1) is 35.9 Å². The van der Waals surface area contributed by atoms with Gasteiger partial charge >= 0.3 is 6.18 Å². The quantitative estimate of drug-likeness (QED) is 0.176. The number of carbonyl (C=O) groups is 2. The molecule has 0 saturated carbocycles. The number of hydrogen-bond acceptors (Lipinski definition) is 5. The number of aliphatic hydroxyl groups is 1. The highest BCUT2D eigenvalue weighted by Crippen LogP contribution is 2.36. The minimum absolute atomic E-state index is 0.126. The van der Waals surface area contributed by atoms with Crippen molar-refractivity contribution in [3.8, 4) is 16.9 Å². The van der Waals surface area contributed by atoms with Crippen LogP contribution in [0.2, 0.25) is 0 Å². The van der Waals surface area contributed by atoms with E-state index in [1.165, 1.54) is 0 Å². The van der Waals surface area contributed by atoms with Gasteiger partial charge in [-0.1, -0.05) is 73.7 Å². The Hall–Kier alpha value is -4.74. The number of ether oxygens (including phenoxy) is 1. The molecule has 7 nitrogen and oxygen atoms in total. The molecule has 1 aliphatic heterocycles. The number of likely N-dealkylation sites (N-methyl/N-ethyl adjacent to an activating group) is 1. The van der Waals surface area contributed by atoms with Crippen LogP contribution in [0, 0.1) is 11.7 Å². The largest absolute Gasteiger partial charge is 0.486 e. The van der Waals surface area contributed by atoms with Crippen molar-refractivity contribution in [1.82, 2.24) is 9.80 Å². The van der Waals surface area contributed by atoms with E-state index < -0.39 is 47.9 Å². The van der Waals surface area contributed by atoms with Crippen molar-refractivity contribution >= 4 is 17.5 Å². The predicted molar refractivity (Wildman–Crippen MR) is 180 cm³/mol. The number of fused-ring (bicyclic) bond motifs is 1. The lowest BCUT2D eigenvalue weighted by Crippen LogP contribution is -2.49. The Bertz CT molecular complexity index is 1770. The molecule has 11 heteroatoms. The highest BCUT2D eigenvalue weighted by molar-refractivity contribution is 6.02. The molecule has 0 radical (unpaired) electrons. The molecule has 0 saturated heterocycles. The molecule has 4 aromatic carbocycles. The number of carbonyl (C=O) groups excluding carboxylic acids is 2. The van der Waals surface area contributed by atoms with E-state index in [1.54, 1.807) is 30.0 Å². The Labute approximate surface area is 283 Å². The maximum absolute atomic E-state index is 14.5. The third-order valence-electron chi connectivity index (χ3n) is 8.70. The zero-order chi connectivity index (χ0) is 35.3. The second-order valence-corrected chi connectivity index (χ2v) is 12.6. The monoisotopic (exact) mass is 677 g/mol. The predicted octanol–water partition coefficient (Wildman–Crippen LogP) is 7.04. The summed E-state index contributed by atoms with van der Waals surface area (Å²) in [7, 11) is 1.96. The molecule has 1 heterocycles. The van der Waals surface area contributed by atoms with Gasteiger partial charge < -0.3 is 20.1 Å². The summed E-state index contributed by atoms with van der Waals surface area (Å²) >= 11 is 0. The molecule has 0 aliphatic carbocycles. The van der Waals surface area contributed by atoms with Crippen molar-refractivity contribution in [2.24, 2.45) is 5.92 Å². The van der Waals surface area contributed by atoms with Crippen LogP contribution in [0.5, 0.6) is 5.75 Å². The Kier molecular flexibility index (Phi) is 11.0. The number of anilines is 1. The lowest BCUT2D eigenvalue weighted by Gasteiger charge is -2.38. The van der Waals surface area contributed by atoms with E-state index in [2.05, 4.69) is 46.6 Å². The molecule has 0 fully saturated rings. The number of aliphatic hydroxyl groups excluding tert-OH is 1. The highest BCUT2D eigenvalue weighted by atomic mass is 19.4. The molecular formula is C38H39F4N3O4. The van der Waals surface area contributed by atoms with Crippen LogP contribution in [0.4, 0.5) is 23.2 Å². The third-order valence-corrected chi connectivity index (χ3v) is 8.70. The van der Waals surface area contributed by atoms with E-state index >= 15 is 0 Å². The first-order valence-electron chi connectivity index (χ1n) is 16.0. The first-order chi connectivity index (χ1) is 23.3. The molecule has 2 amide bonds. The molecule has 49 heavy (non-hydrogen) atoms. The average Bonchev–Trinajstić information content (AvgIpc) is 3.07. The van der Waals surface area contributed by atoms with Crippen LogP contribution in [0.25, 0.3) is 11.1 Å². The van der Waals surface area contributed by atoms with Crippen molar-refractivity contribution < 1.29 is 37.0 Å². The molecular weight excluding hydrogens is 638 g/mol. The van der Waals surface area contributed by atoms with Crippen molar-refractivity contribution in [2.45, 2.75) is 45.1 Å². The van der Waals surface area contributed by atoms with Gasteiger partial charge in [-0.2, -0.15) is 13.2 Å². The SMILES string of the molecule is C[C@@H]1CN([C@@H](C)CO)C(=O)c2cccc(NC(=O)Cc3ccc(C(F)(F)F)cc3F)c2O[C@@H]1CN(C)Cc1ccc(-c2ccccc2)cc1. The van der Waals surface area contributed by atoms with E-state index in [9.17, 15) is 32.3 Å². The summed E-state index contributed by atoms with van der Waals surface area (Å²) in [5, 5.41) is 12.7. The van der Waals surface area contributed by atoms with Gasteiger partial charge in [-0.05, 0) is 60.5 Å². The smallest absolute Gasteiger partial charge is 0.416 e.